The highest BCUT2D eigenvalue weighted by atomic mass is 35.5. The van der Waals surface area contributed by atoms with Crippen molar-refractivity contribution in [2.75, 3.05) is 40.5 Å². The second-order valence-corrected chi connectivity index (χ2v) is 11.6. The average Bonchev–Trinajstić information content (AvgIpc) is 3.48. The van der Waals surface area contributed by atoms with Crippen LogP contribution in [-0.2, 0) is 20.8 Å². The van der Waals surface area contributed by atoms with Crippen molar-refractivity contribution >= 4 is 46.3 Å². The molecule has 0 aliphatic rings. The molecule has 1 unspecified atom stereocenters. The first-order valence-electron chi connectivity index (χ1n) is 13.0. The van der Waals surface area contributed by atoms with Gasteiger partial charge in [0.15, 0.2) is 17.5 Å². The molecule has 0 fully saturated rings. The number of ether oxygens (including phenoxy) is 3. The lowest BCUT2D eigenvalue weighted by atomic mass is 10.1. The number of carbonyl (C=O) groups is 1. The largest absolute Gasteiger partial charge is 0.397 e. The number of rotatable bonds is 16. The molecular formula is C28H33ClF3N5O4S2. The summed E-state index contributed by atoms with van der Waals surface area (Å²) >= 11 is 8.92. The SMILES string of the molecule is CCOCCOC(Sc1cc(Cl)ccc1C(=O)N(C)C)[C@H](CN(N)/C=C(\N)c1cc(F)c(F)c(F)c1)OCc1cscn1. The van der Waals surface area contributed by atoms with E-state index in [1.165, 1.54) is 39.2 Å². The highest BCUT2D eigenvalue weighted by Crippen LogP contribution is 2.34. The van der Waals surface area contributed by atoms with Crippen molar-refractivity contribution in [2.24, 2.45) is 11.6 Å². The van der Waals surface area contributed by atoms with Gasteiger partial charge in [0.2, 0.25) is 0 Å². The van der Waals surface area contributed by atoms with Gasteiger partial charge in [-0.05, 0) is 37.3 Å². The Bertz CT molecular complexity index is 1360. The van der Waals surface area contributed by atoms with Gasteiger partial charge in [-0.2, -0.15) is 0 Å². The fraction of sp³-hybridized carbons (Fsp3) is 0.357. The second-order valence-electron chi connectivity index (χ2n) is 9.26. The number of benzene rings is 2. The molecular weight excluding hydrogens is 627 g/mol. The predicted molar refractivity (Wildman–Crippen MR) is 162 cm³/mol. The number of thiazole rings is 1. The third-order valence-corrected chi connectivity index (χ3v) is 7.92. The number of hydrazine groups is 1. The van der Waals surface area contributed by atoms with E-state index in [-0.39, 0.29) is 36.9 Å². The third-order valence-electron chi connectivity index (χ3n) is 5.78. The van der Waals surface area contributed by atoms with E-state index in [1.54, 1.807) is 37.8 Å². The molecule has 2 aromatic carbocycles. The summed E-state index contributed by atoms with van der Waals surface area (Å²) in [6.07, 6.45) is 0.471. The van der Waals surface area contributed by atoms with Crippen LogP contribution in [-0.4, -0.2) is 72.8 Å². The van der Waals surface area contributed by atoms with Gasteiger partial charge in [-0.15, -0.1) is 11.3 Å². The van der Waals surface area contributed by atoms with E-state index in [4.69, 9.17) is 37.4 Å². The first-order chi connectivity index (χ1) is 20.5. The molecule has 1 heterocycles. The van der Waals surface area contributed by atoms with Gasteiger partial charge < -0.3 is 29.9 Å². The molecule has 0 aliphatic heterocycles. The molecule has 4 N–H and O–H groups in total. The highest BCUT2D eigenvalue weighted by Gasteiger charge is 2.29. The zero-order valence-electron chi connectivity index (χ0n) is 23.8. The van der Waals surface area contributed by atoms with Crippen molar-refractivity contribution in [3.63, 3.8) is 0 Å². The molecule has 1 aromatic heterocycles. The van der Waals surface area contributed by atoms with Crippen molar-refractivity contribution < 1.29 is 32.2 Å². The Kier molecular flexibility index (Phi) is 13.6. The van der Waals surface area contributed by atoms with Crippen LogP contribution in [0.2, 0.25) is 5.02 Å². The topological polar surface area (TPSA) is 116 Å². The lowest BCUT2D eigenvalue weighted by Gasteiger charge is -2.30. The monoisotopic (exact) mass is 659 g/mol. The van der Waals surface area contributed by atoms with E-state index < -0.39 is 29.0 Å². The van der Waals surface area contributed by atoms with E-state index in [0.717, 1.165) is 12.1 Å². The van der Waals surface area contributed by atoms with Crippen LogP contribution < -0.4 is 11.6 Å². The molecule has 3 rings (SSSR count). The number of amides is 1. The minimum absolute atomic E-state index is 0.0270. The summed E-state index contributed by atoms with van der Waals surface area (Å²) in [5.41, 5.74) is 7.83. The van der Waals surface area contributed by atoms with E-state index in [1.807, 2.05) is 12.3 Å². The van der Waals surface area contributed by atoms with Crippen LogP contribution in [0.25, 0.3) is 5.70 Å². The van der Waals surface area contributed by atoms with Crippen LogP contribution >= 0.6 is 34.7 Å². The Labute approximate surface area is 261 Å². The second kappa shape index (κ2) is 16.9. The van der Waals surface area contributed by atoms with Crippen LogP contribution in [0.1, 0.15) is 28.5 Å². The third kappa shape index (κ3) is 10.4. The van der Waals surface area contributed by atoms with Crippen LogP contribution in [0.4, 0.5) is 13.2 Å². The predicted octanol–water partition coefficient (Wildman–Crippen LogP) is 5.11. The maximum absolute atomic E-state index is 13.8. The Hall–Kier alpha value is -2.85. The molecule has 0 aliphatic carbocycles. The Morgan fingerprint density at radius 1 is 1.16 bits per heavy atom. The maximum atomic E-state index is 13.8. The van der Waals surface area contributed by atoms with E-state index in [9.17, 15) is 18.0 Å². The fourth-order valence-corrected chi connectivity index (χ4v) is 5.66. The van der Waals surface area contributed by atoms with Gasteiger partial charge in [-0.25, -0.2) is 24.0 Å². The standard InChI is InChI=1S/C28H33ClF3N5O4S2/c1-4-39-7-8-40-28(43-25-11-18(29)5-6-20(25)27(38)36(2)3)24(41-14-19-15-42-16-35-19)13-37(34)12-23(33)17-9-21(30)26(32)22(31)10-17/h5-6,9-12,15-16,24,28H,4,7-8,13-14,33-34H2,1-3H3/b23-12-/t24-,28?/m0/s1. The fourth-order valence-electron chi connectivity index (χ4n) is 3.68. The molecule has 3 aromatic rings. The average molecular weight is 660 g/mol. The summed E-state index contributed by atoms with van der Waals surface area (Å²) in [5.74, 6) is 1.66. The van der Waals surface area contributed by atoms with Crippen molar-refractivity contribution in [3.05, 3.63) is 86.7 Å². The summed E-state index contributed by atoms with van der Waals surface area (Å²) in [6, 6.07) is 6.46. The molecule has 43 heavy (non-hydrogen) atoms. The van der Waals surface area contributed by atoms with Crippen molar-refractivity contribution in [1.29, 1.82) is 0 Å². The molecule has 0 saturated carbocycles. The smallest absolute Gasteiger partial charge is 0.254 e. The quantitative estimate of drug-likeness (QED) is 0.0541. The van der Waals surface area contributed by atoms with Crippen LogP contribution in [0.15, 0.2) is 52.3 Å². The molecule has 0 radical (unpaired) electrons. The van der Waals surface area contributed by atoms with Gasteiger partial charge in [-0.1, -0.05) is 23.4 Å². The van der Waals surface area contributed by atoms with Gasteiger partial charge in [0, 0.05) is 47.8 Å². The molecule has 2 atom stereocenters. The summed E-state index contributed by atoms with van der Waals surface area (Å²) in [6.45, 7) is 2.93. The van der Waals surface area contributed by atoms with Gasteiger partial charge in [-0.3, -0.25) is 4.79 Å². The van der Waals surface area contributed by atoms with Crippen LogP contribution in [0, 0.1) is 17.5 Å². The lowest BCUT2D eigenvalue weighted by molar-refractivity contribution is -0.0610. The first kappa shape index (κ1) is 34.6. The molecule has 234 valence electrons. The number of nitrogens with zero attached hydrogens (tertiary/aromatic N) is 3. The van der Waals surface area contributed by atoms with Crippen molar-refractivity contribution in [1.82, 2.24) is 14.9 Å². The number of aromatic nitrogens is 1. The van der Waals surface area contributed by atoms with E-state index in [0.29, 0.717) is 34.4 Å². The molecule has 9 nitrogen and oxygen atoms in total. The van der Waals surface area contributed by atoms with Crippen LogP contribution in [0.3, 0.4) is 0 Å². The molecule has 0 spiro atoms. The summed E-state index contributed by atoms with van der Waals surface area (Å²) in [4.78, 5) is 19.2. The molecule has 1 amide bonds. The molecule has 0 saturated heterocycles. The number of halogens is 4. The van der Waals surface area contributed by atoms with Gasteiger partial charge in [0.25, 0.3) is 5.91 Å². The summed E-state index contributed by atoms with van der Waals surface area (Å²) < 4.78 is 58.9. The first-order valence-corrected chi connectivity index (χ1v) is 15.2. The highest BCUT2D eigenvalue weighted by molar-refractivity contribution is 8.00. The number of carbonyl (C=O) groups excluding carboxylic acids is 1. The van der Waals surface area contributed by atoms with Crippen molar-refractivity contribution in [2.45, 2.75) is 30.0 Å². The number of nitrogens with two attached hydrogens (primary N) is 2. The van der Waals surface area contributed by atoms with Gasteiger partial charge >= 0.3 is 0 Å². The van der Waals surface area contributed by atoms with E-state index >= 15 is 0 Å². The summed E-state index contributed by atoms with van der Waals surface area (Å²) in [5, 5.41) is 3.42. The van der Waals surface area contributed by atoms with E-state index in [2.05, 4.69) is 4.98 Å². The minimum Gasteiger partial charge on any atom is -0.397 e. The number of hydrogen-bond donors (Lipinski definition) is 2. The van der Waals surface area contributed by atoms with Gasteiger partial charge in [0.1, 0.15) is 11.5 Å². The number of hydrogen-bond acceptors (Lipinski definition) is 10. The summed E-state index contributed by atoms with van der Waals surface area (Å²) in [7, 11) is 3.28. The van der Waals surface area contributed by atoms with Crippen molar-refractivity contribution in [3.8, 4) is 0 Å². The Morgan fingerprint density at radius 2 is 1.88 bits per heavy atom. The zero-order chi connectivity index (χ0) is 31.5. The number of thioether (sulfide) groups is 1. The molecule has 0 bridgehead atoms. The van der Waals surface area contributed by atoms with Gasteiger partial charge in [0.05, 0.1) is 48.8 Å². The normalized spacial score (nSPS) is 13.2. The van der Waals surface area contributed by atoms with Crippen LogP contribution in [0.5, 0.6) is 0 Å². The minimum atomic E-state index is -1.60. The Balaban J connectivity index is 1.94. The maximum Gasteiger partial charge on any atom is 0.254 e. The zero-order valence-corrected chi connectivity index (χ0v) is 26.2. The Morgan fingerprint density at radius 3 is 2.51 bits per heavy atom. The molecule has 15 heteroatoms. The lowest BCUT2D eigenvalue weighted by Crippen LogP contribution is -2.42.